The maximum Gasteiger partial charge on any atom is 0.305 e. The van der Waals surface area contributed by atoms with E-state index in [1.165, 1.54) is 0 Å². The number of imidazole rings is 1. The molecule has 84 valence electrons. The van der Waals surface area contributed by atoms with Crippen molar-refractivity contribution in [3.8, 4) is 0 Å². The van der Waals surface area contributed by atoms with Crippen molar-refractivity contribution < 1.29 is 14.5 Å². The second-order valence-electron chi connectivity index (χ2n) is 3.81. The highest BCUT2D eigenvalue weighted by Crippen LogP contribution is 2.14. The lowest BCUT2D eigenvalue weighted by atomic mass is 10.3. The summed E-state index contributed by atoms with van der Waals surface area (Å²) in [6.45, 7) is 2.71. The molecule has 0 amide bonds. The zero-order chi connectivity index (χ0) is 11.7. The highest BCUT2D eigenvalue weighted by atomic mass is 16.4. The first kappa shape index (κ1) is 10.7. The normalized spacial score (nSPS) is 10.9. The second-order valence-corrected chi connectivity index (χ2v) is 3.81. The third kappa shape index (κ3) is 1.46. The van der Waals surface area contributed by atoms with Crippen LogP contribution in [0.5, 0.6) is 0 Å². The molecule has 0 atom stereocenters. The molecule has 0 radical (unpaired) electrons. The van der Waals surface area contributed by atoms with Crippen LogP contribution in [-0.2, 0) is 13.6 Å². The monoisotopic (exact) mass is 218 g/mol. The molecule has 4 nitrogen and oxygen atoms in total. The molecule has 1 heterocycles. The average molecular weight is 218 g/mol. The van der Waals surface area contributed by atoms with Gasteiger partial charge in [-0.2, -0.15) is 0 Å². The van der Waals surface area contributed by atoms with E-state index >= 15 is 0 Å². The van der Waals surface area contributed by atoms with Crippen molar-refractivity contribution >= 4 is 17.0 Å². The molecular weight excluding hydrogens is 204 g/mol. The van der Waals surface area contributed by atoms with Crippen LogP contribution in [0.25, 0.3) is 11.0 Å². The lowest BCUT2D eigenvalue weighted by Crippen LogP contribution is -2.41. The SMILES string of the molecule is CCCn1c(C(=O)[O-])[n+](C)c2ccccc21. The standard InChI is InChI=1S/C12H14N2O2/c1-3-8-14-10-7-5-4-6-9(10)13(2)11(14)12(15)16/h4-7H,3,8H2,1-2H3. The van der Waals surface area contributed by atoms with Gasteiger partial charge in [-0.15, -0.1) is 0 Å². The lowest BCUT2D eigenvalue weighted by Gasteiger charge is -2.01. The highest BCUT2D eigenvalue weighted by molar-refractivity contribution is 5.85. The van der Waals surface area contributed by atoms with Gasteiger partial charge in [0.25, 0.3) is 0 Å². The summed E-state index contributed by atoms with van der Waals surface area (Å²) >= 11 is 0. The van der Waals surface area contributed by atoms with E-state index in [0.717, 1.165) is 17.5 Å². The van der Waals surface area contributed by atoms with Crippen molar-refractivity contribution in [1.29, 1.82) is 0 Å². The van der Waals surface area contributed by atoms with Crippen molar-refractivity contribution in [2.24, 2.45) is 7.05 Å². The number of fused-ring (bicyclic) bond motifs is 1. The molecule has 2 rings (SSSR count). The number of nitrogens with zero attached hydrogens (tertiary/aromatic N) is 2. The Balaban J connectivity index is 2.80. The van der Waals surface area contributed by atoms with E-state index < -0.39 is 5.97 Å². The number of hydrogen-bond acceptors (Lipinski definition) is 2. The van der Waals surface area contributed by atoms with Gasteiger partial charge in [-0.1, -0.05) is 19.1 Å². The molecular formula is C12H14N2O2. The number of benzene rings is 1. The molecule has 4 heteroatoms. The minimum Gasteiger partial charge on any atom is -0.538 e. The highest BCUT2D eigenvalue weighted by Gasteiger charge is 2.22. The zero-order valence-corrected chi connectivity index (χ0v) is 9.43. The minimum absolute atomic E-state index is 0.225. The Labute approximate surface area is 93.7 Å². The van der Waals surface area contributed by atoms with Crippen LogP contribution in [0.1, 0.15) is 24.0 Å². The molecule has 0 saturated heterocycles. The number of rotatable bonds is 3. The van der Waals surface area contributed by atoms with Crippen LogP contribution in [0.15, 0.2) is 24.3 Å². The molecule has 16 heavy (non-hydrogen) atoms. The summed E-state index contributed by atoms with van der Waals surface area (Å²) in [5.41, 5.74) is 1.85. The second kappa shape index (κ2) is 3.96. The van der Waals surface area contributed by atoms with Gasteiger partial charge in [-0.05, 0) is 18.6 Å². The van der Waals surface area contributed by atoms with Gasteiger partial charge in [-0.3, -0.25) is 0 Å². The predicted molar refractivity (Wildman–Crippen MR) is 57.7 cm³/mol. The van der Waals surface area contributed by atoms with E-state index in [2.05, 4.69) is 0 Å². The van der Waals surface area contributed by atoms with Gasteiger partial charge in [0.1, 0.15) is 0 Å². The van der Waals surface area contributed by atoms with Crippen LogP contribution < -0.4 is 9.67 Å². The largest absolute Gasteiger partial charge is 0.538 e. The Kier molecular flexibility index (Phi) is 2.64. The molecule has 1 aromatic heterocycles. The van der Waals surface area contributed by atoms with Gasteiger partial charge in [0.2, 0.25) is 0 Å². The molecule has 0 saturated carbocycles. The Morgan fingerprint density at radius 2 is 2.12 bits per heavy atom. The number of carboxylic acids is 1. The van der Waals surface area contributed by atoms with E-state index in [1.807, 2.05) is 31.2 Å². The van der Waals surface area contributed by atoms with Gasteiger partial charge in [0.05, 0.1) is 13.6 Å². The quantitative estimate of drug-likeness (QED) is 0.693. The summed E-state index contributed by atoms with van der Waals surface area (Å²) in [5, 5.41) is 11.1. The molecule has 0 fully saturated rings. The van der Waals surface area contributed by atoms with Gasteiger partial charge in [-0.25, -0.2) is 9.13 Å². The summed E-state index contributed by atoms with van der Waals surface area (Å²) in [5.74, 6) is -0.907. The summed E-state index contributed by atoms with van der Waals surface area (Å²) in [6.07, 6.45) is 0.888. The minimum atomic E-state index is -1.13. The third-order valence-corrected chi connectivity index (χ3v) is 2.74. The number of hydrogen-bond donors (Lipinski definition) is 0. The van der Waals surface area contributed by atoms with Crippen LogP contribution in [0.3, 0.4) is 0 Å². The maximum atomic E-state index is 11.1. The van der Waals surface area contributed by atoms with Crippen LogP contribution in [-0.4, -0.2) is 10.5 Å². The van der Waals surface area contributed by atoms with Gasteiger partial charge < -0.3 is 9.90 Å². The van der Waals surface area contributed by atoms with Crippen molar-refractivity contribution in [1.82, 2.24) is 4.57 Å². The van der Waals surface area contributed by atoms with Crippen LogP contribution in [0.4, 0.5) is 0 Å². The Morgan fingerprint density at radius 1 is 1.44 bits per heavy atom. The van der Waals surface area contributed by atoms with E-state index in [-0.39, 0.29) is 5.82 Å². The molecule has 0 unspecified atom stereocenters. The van der Waals surface area contributed by atoms with Crippen LogP contribution >= 0.6 is 0 Å². The number of aryl methyl sites for hydroxylation is 2. The summed E-state index contributed by atoms with van der Waals surface area (Å²) in [6, 6.07) is 7.65. The van der Waals surface area contributed by atoms with E-state index in [1.54, 1.807) is 16.2 Å². The maximum absolute atomic E-state index is 11.1. The molecule has 0 spiro atoms. The first-order chi connectivity index (χ1) is 7.66. The van der Waals surface area contributed by atoms with E-state index in [9.17, 15) is 9.90 Å². The summed E-state index contributed by atoms with van der Waals surface area (Å²) in [4.78, 5) is 11.1. The van der Waals surface area contributed by atoms with Gasteiger partial charge in [0, 0.05) is 0 Å². The fraction of sp³-hybridized carbons (Fsp3) is 0.333. The first-order valence-electron chi connectivity index (χ1n) is 5.35. The third-order valence-electron chi connectivity index (χ3n) is 2.74. The van der Waals surface area contributed by atoms with E-state index in [4.69, 9.17) is 0 Å². The molecule has 0 aliphatic rings. The van der Waals surface area contributed by atoms with Crippen molar-refractivity contribution in [2.75, 3.05) is 0 Å². The smallest absolute Gasteiger partial charge is 0.305 e. The average Bonchev–Trinajstić information content (AvgIpc) is 2.54. The summed E-state index contributed by atoms with van der Waals surface area (Å²) in [7, 11) is 1.75. The summed E-state index contributed by atoms with van der Waals surface area (Å²) < 4.78 is 3.46. The first-order valence-corrected chi connectivity index (χ1v) is 5.35. The van der Waals surface area contributed by atoms with Gasteiger partial charge in [0.15, 0.2) is 17.0 Å². The fourth-order valence-electron chi connectivity index (χ4n) is 2.08. The van der Waals surface area contributed by atoms with Crippen molar-refractivity contribution in [2.45, 2.75) is 19.9 Å². The van der Waals surface area contributed by atoms with Crippen LogP contribution in [0.2, 0.25) is 0 Å². The topological polar surface area (TPSA) is 48.9 Å². The Bertz CT molecular complexity index is 543. The molecule has 0 aliphatic heterocycles. The number of carboxylic acid groups (broad SMARTS) is 1. The molecule has 0 bridgehead atoms. The molecule has 1 aromatic carbocycles. The van der Waals surface area contributed by atoms with Crippen molar-refractivity contribution in [3.63, 3.8) is 0 Å². The Hall–Kier alpha value is -1.84. The number of aromatic nitrogens is 2. The fourth-order valence-corrected chi connectivity index (χ4v) is 2.08. The number of carbonyl (C=O) groups is 1. The van der Waals surface area contributed by atoms with Crippen molar-refractivity contribution in [3.05, 3.63) is 30.1 Å². The predicted octanol–water partition coefficient (Wildman–Crippen LogP) is 0.239. The molecule has 0 N–H and O–H groups in total. The lowest BCUT2D eigenvalue weighted by molar-refractivity contribution is -0.650. The molecule has 2 aromatic rings. The Morgan fingerprint density at radius 3 is 2.75 bits per heavy atom. The van der Waals surface area contributed by atoms with E-state index in [0.29, 0.717) is 6.54 Å². The number of carbonyl (C=O) groups excluding carboxylic acids is 1. The van der Waals surface area contributed by atoms with Gasteiger partial charge >= 0.3 is 5.82 Å². The van der Waals surface area contributed by atoms with Crippen LogP contribution in [0, 0.1) is 0 Å². The number of para-hydroxylation sites is 2. The zero-order valence-electron chi connectivity index (χ0n) is 9.43. The number of aromatic carboxylic acids is 1. The molecule has 0 aliphatic carbocycles.